The number of hydrogen-bond donors (Lipinski definition) is 2. The minimum Gasteiger partial charge on any atom is -0.293 e. The van der Waals surface area contributed by atoms with Crippen molar-refractivity contribution >= 4 is 5.91 Å². The first kappa shape index (κ1) is 13.5. The summed E-state index contributed by atoms with van der Waals surface area (Å²) in [5.41, 5.74) is 2.28. The first-order valence-electron chi connectivity index (χ1n) is 6.27. The molecule has 0 aromatic rings. The standard InChI is InChI=1S/C12H25N3O/c1-5-11(12(16)14-13)15-7-8(2)6-9(3)10(15)4/h8-11H,5-7,13H2,1-4H3,(H,14,16). The minimum atomic E-state index is -0.0785. The molecule has 4 atom stereocenters. The van der Waals surface area contributed by atoms with Crippen LogP contribution in [-0.4, -0.2) is 29.4 Å². The molecule has 1 aliphatic heterocycles. The van der Waals surface area contributed by atoms with E-state index in [0.29, 0.717) is 17.9 Å². The maximum Gasteiger partial charge on any atom is 0.251 e. The lowest BCUT2D eigenvalue weighted by molar-refractivity contribution is -0.129. The summed E-state index contributed by atoms with van der Waals surface area (Å²) >= 11 is 0. The molecule has 1 heterocycles. The third-order valence-electron chi connectivity index (χ3n) is 3.88. The number of nitrogens with zero attached hydrogens (tertiary/aromatic N) is 1. The van der Waals surface area contributed by atoms with Crippen LogP contribution in [0.25, 0.3) is 0 Å². The molecule has 0 aromatic carbocycles. The summed E-state index contributed by atoms with van der Waals surface area (Å²) in [4.78, 5) is 14.0. The van der Waals surface area contributed by atoms with E-state index in [0.717, 1.165) is 13.0 Å². The van der Waals surface area contributed by atoms with E-state index in [2.05, 4.69) is 31.1 Å². The minimum absolute atomic E-state index is 0.0596. The van der Waals surface area contributed by atoms with Gasteiger partial charge in [0.15, 0.2) is 0 Å². The van der Waals surface area contributed by atoms with Crippen molar-refractivity contribution in [2.45, 2.75) is 52.6 Å². The largest absolute Gasteiger partial charge is 0.293 e. The highest BCUT2D eigenvalue weighted by atomic mass is 16.2. The molecule has 0 aromatic heterocycles. The highest BCUT2D eigenvalue weighted by Crippen LogP contribution is 2.29. The molecule has 0 spiro atoms. The van der Waals surface area contributed by atoms with Crippen molar-refractivity contribution in [2.24, 2.45) is 17.7 Å². The van der Waals surface area contributed by atoms with Gasteiger partial charge in [-0.2, -0.15) is 0 Å². The van der Waals surface area contributed by atoms with Crippen molar-refractivity contribution in [3.8, 4) is 0 Å². The van der Waals surface area contributed by atoms with Crippen LogP contribution in [0.2, 0.25) is 0 Å². The molecule has 0 aliphatic carbocycles. The van der Waals surface area contributed by atoms with Crippen LogP contribution in [0.1, 0.15) is 40.5 Å². The average Bonchev–Trinajstić information content (AvgIpc) is 2.25. The second-order valence-corrected chi connectivity index (χ2v) is 5.19. The molecule has 4 nitrogen and oxygen atoms in total. The lowest BCUT2D eigenvalue weighted by atomic mass is 9.84. The SMILES string of the molecule is CCC(C(=O)NN)N1CC(C)CC(C)C1C. The number of likely N-dealkylation sites (tertiary alicyclic amines) is 1. The lowest BCUT2D eigenvalue weighted by Crippen LogP contribution is -2.56. The van der Waals surface area contributed by atoms with E-state index < -0.39 is 0 Å². The van der Waals surface area contributed by atoms with Crippen molar-refractivity contribution in [3.05, 3.63) is 0 Å². The predicted octanol–water partition coefficient (Wildman–Crippen LogP) is 1.12. The normalized spacial score (nSPS) is 33.4. The van der Waals surface area contributed by atoms with Gasteiger partial charge in [0.2, 0.25) is 0 Å². The Morgan fingerprint density at radius 3 is 2.62 bits per heavy atom. The van der Waals surface area contributed by atoms with Gasteiger partial charge in [-0.25, -0.2) is 5.84 Å². The Balaban J connectivity index is 2.78. The van der Waals surface area contributed by atoms with Crippen LogP contribution < -0.4 is 11.3 Å². The third-order valence-corrected chi connectivity index (χ3v) is 3.88. The van der Waals surface area contributed by atoms with Gasteiger partial charge in [-0.1, -0.05) is 20.8 Å². The Labute approximate surface area is 98.5 Å². The second-order valence-electron chi connectivity index (χ2n) is 5.19. The molecule has 1 rings (SSSR count). The number of amides is 1. The fourth-order valence-corrected chi connectivity index (χ4v) is 2.84. The number of hydrazine groups is 1. The molecule has 4 unspecified atom stereocenters. The Morgan fingerprint density at radius 2 is 2.12 bits per heavy atom. The number of carbonyl (C=O) groups is 1. The molecule has 0 saturated carbocycles. The number of rotatable bonds is 3. The highest BCUT2D eigenvalue weighted by molar-refractivity contribution is 5.81. The molecule has 1 aliphatic rings. The molecule has 1 saturated heterocycles. The van der Waals surface area contributed by atoms with Crippen LogP contribution in [0.15, 0.2) is 0 Å². The highest BCUT2D eigenvalue weighted by Gasteiger charge is 2.35. The fraction of sp³-hybridized carbons (Fsp3) is 0.917. The molecule has 3 N–H and O–H groups in total. The Kier molecular flexibility index (Phi) is 4.74. The van der Waals surface area contributed by atoms with E-state index in [-0.39, 0.29) is 11.9 Å². The summed E-state index contributed by atoms with van der Waals surface area (Å²) in [6.45, 7) is 9.76. The lowest BCUT2D eigenvalue weighted by Gasteiger charge is -2.44. The summed E-state index contributed by atoms with van der Waals surface area (Å²) < 4.78 is 0. The smallest absolute Gasteiger partial charge is 0.251 e. The summed E-state index contributed by atoms with van der Waals surface area (Å²) in [6.07, 6.45) is 2.06. The number of nitrogens with one attached hydrogen (secondary N) is 1. The van der Waals surface area contributed by atoms with Gasteiger partial charge in [-0.3, -0.25) is 15.1 Å². The topological polar surface area (TPSA) is 58.4 Å². The molecule has 1 fully saturated rings. The fourth-order valence-electron chi connectivity index (χ4n) is 2.84. The molecule has 0 radical (unpaired) electrons. The zero-order valence-electron chi connectivity index (χ0n) is 10.9. The summed E-state index contributed by atoms with van der Waals surface area (Å²) in [5, 5.41) is 0. The van der Waals surface area contributed by atoms with Crippen LogP contribution >= 0.6 is 0 Å². The summed E-state index contributed by atoms with van der Waals surface area (Å²) in [7, 11) is 0. The quantitative estimate of drug-likeness (QED) is 0.431. The van der Waals surface area contributed by atoms with E-state index in [1.807, 2.05) is 6.92 Å². The number of hydrogen-bond acceptors (Lipinski definition) is 3. The molecule has 1 amide bonds. The number of carbonyl (C=O) groups excluding carboxylic acids is 1. The Bertz CT molecular complexity index is 244. The van der Waals surface area contributed by atoms with Crippen LogP contribution in [0.4, 0.5) is 0 Å². The first-order valence-corrected chi connectivity index (χ1v) is 6.27. The van der Waals surface area contributed by atoms with Gasteiger partial charge in [0.05, 0.1) is 6.04 Å². The molecule has 0 bridgehead atoms. The van der Waals surface area contributed by atoms with Gasteiger partial charge in [0.25, 0.3) is 5.91 Å². The van der Waals surface area contributed by atoms with E-state index in [4.69, 9.17) is 5.84 Å². The zero-order chi connectivity index (χ0) is 12.3. The summed E-state index contributed by atoms with van der Waals surface area (Å²) in [6, 6.07) is 0.378. The van der Waals surface area contributed by atoms with Crippen molar-refractivity contribution in [2.75, 3.05) is 6.54 Å². The van der Waals surface area contributed by atoms with Crippen LogP contribution in [0.5, 0.6) is 0 Å². The van der Waals surface area contributed by atoms with Crippen molar-refractivity contribution in [1.29, 1.82) is 0 Å². The monoisotopic (exact) mass is 227 g/mol. The van der Waals surface area contributed by atoms with E-state index in [1.54, 1.807) is 0 Å². The van der Waals surface area contributed by atoms with Crippen molar-refractivity contribution in [1.82, 2.24) is 10.3 Å². The first-order chi connectivity index (χ1) is 7.51. The van der Waals surface area contributed by atoms with E-state index in [1.165, 1.54) is 6.42 Å². The van der Waals surface area contributed by atoms with Gasteiger partial charge in [-0.15, -0.1) is 0 Å². The van der Waals surface area contributed by atoms with Gasteiger partial charge in [-0.05, 0) is 31.6 Å². The summed E-state index contributed by atoms with van der Waals surface area (Å²) in [5.74, 6) is 6.48. The van der Waals surface area contributed by atoms with E-state index in [9.17, 15) is 4.79 Å². The van der Waals surface area contributed by atoms with Gasteiger partial charge >= 0.3 is 0 Å². The number of piperidine rings is 1. The average molecular weight is 227 g/mol. The second kappa shape index (κ2) is 5.64. The third kappa shape index (κ3) is 2.74. The van der Waals surface area contributed by atoms with Crippen LogP contribution in [-0.2, 0) is 4.79 Å². The van der Waals surface area contributed by atoms with Gasteiger partial charge in [0, 0.05) is 12.6 Å². The van der Waals surface area contributed by atoms with Crippen molar-refractivity contribution in [3.63, 3.8) is 0 Å². The predicted molar refractivity (Wildman–Crippen MR) is 65.5 cm³/mol. The molecular formula is C12H25N3O. The number of nitrogens with two attached hydrogens (primary N) is 1. The Hall–Kier alpha value is -0.610. The van der Waals surface area contributed by atoms with Gasteiger partial charge in [0.1, 0.15) is 0 Å². The zero-order valence-corrected chi connectivity index (χ0v) is 10.9. The van der Waals surface area contributed by atoms with Gasteiger partial charge < -0.3 is 0 Å². The Morgan fingerprint density at radius 1 is 1.50 bits per heavy atom. The van der Waals surface area contributed by atoms with Crippen molar-refractivity contribution < 1.29 is 4.79 Å². The van der Waals surface area contributed by atoms with E-state index >= 15 is 0 Å². The molecule has 94 valence electrons. The molecular weight excluding hydrogens is 202 g/mol. The maximum absolute atomic E-state index is 11.7. The molecule has 4 heteroatoms. The molecule has 16 heavy (non-hydrogen) atoms. The van der Waals surface area contributed by atoms with Crippen LogP contribution in [0.3, 0.4) is 0 Å². The maximum atomic E-state index is 11.7. The van der Waals surface area contributed by atoms with Crippen LogP contribution in [0, 0.1) is 11.8 Å².